The lowest BCUT2D eigenvalue weighted by molar-refractivity contribution is 0.0964. The number of amides is 1. The second-order valence-corrected chi connectivity index (χ2v) is 5.87. The first-order chi connectivity index (χ1) is 11.8. The molecule has 0 aliphatic heterocycles. The van der Waals surface area contributed by atoms with E-state index in [9.17, 15) is 4.79 Å². The van der Waals surface area contributed by atoms with Crippen LogP contribution in [0, 0.1) is 0 Å². The molecule has 0 fully saturated rings. The maximum Gasteiger partial charge on any atom is 0.253 e. The number of nitrogens with zero attached hydrogens (tertiary/aromatic N) is 1. The first-order valence-electron chi connectivity index (χ1n) is 8.27. The Bertz CT molecular complexity index is 823. The maximum absolute atomic E-state index is 12.3. The van der Waals surface area contributed by atoms with Crippen LogP contribution in [-0.4, -0.2) is 31.1 Å². The molecular weight excluding hydrogens is 298 g/mol. The topological polar surface area (TPSA) is 46.1 Å². The van der Waals surface area contributed by atoms with Crippen LogP contribution in [0.5, 0.6) is 0 Å². The lowest BCUT2D eigenvalue weighted by Gasteiger charge is -2.21. The van der Waals surface area contributed by atoms with Crippen LogP contribution in [0.4, 0.5) is 0 Å². The van der Waals surface area contributed by atoms with Gasteiger partial charge < -0.3 is 15.2 Å². The van der Waals surface area contributed by atoms with E-state index in [1.54, 1.807) is 7.05 Å². The molecule has 1 aromatic heterocycles. The second kappa shape index (κ2) is 7.32. The van der Waals surface area contributed by atoms with E-state index in [2.05, 4.69) is 45.5 Å². The molecule has 3 aromatic rings. The van der Waals surface area contributed by atoms with Crippen molar-refractivity contribution in [2.24, 2.45) is 0 Å². The highest BCUT2D eigenvalue weighted by molar-refractivity contribution is 6.06. The Balaban J connectivity index is 2.15. The highest BCUT2D eigenvalue weighted by Crippen LogP contribution is 2.30. The highest BCUT2D eigenvalue weighted by Gasteiger charge is 2.20. The molecular formula is C20H23N3O. The van der Waals surface area contributed by atoms with Gasteiger partial charge in [-0.05, 0) is 31.6 Å². The predicted molar refractivity (Wildman–Crippen MR) is 98.5 cm³/mol. The van der Waals surface area contributed by atoms with Gasteiger partial charge in [-0.15, -0.1) is 0 Å². The quantitative estimate of drug-likeness (QED) is 0.732. The number of carbonyl (C=O) groups is 1. The zero-order valence-corrected chi connectivity index (χ0v) is 14.1. The average molecular weight is 321 g/mol. The average Bonchev–Trinajstić information content (AvgIpc) is 3.02. The zero-order chi connectivity index (χ0) is 16.9. The van der Waals surface area contributed by atoms with Crippen LogP contribution in [0.2, 0.25) is 0 Å². The Kier molecular flexibility index (Phi) is 4.96. The number of aromatic nitrogens is 1. The fourth-order valence-electron chi connectivity index (χ4n) is 3.20. The van der Waals surface area contributed by atoms with E-state index in [4.69, 9.17) is 0 Å². The molecule has 2 N–H and O–H groups in total. The molecule has 0 aliphatic carbocycles. The third kappa shape index (κ3) is 3.05. The van der Waals surface area contributed by atoms with E-state index < -0.39 is 0 Å². The number of hydrogen-bond donors (Lipinski definition) is 2. The summed E-state index contributed by atoms with van der Waals surface area (Å²) in [5.74, 6) is -0.0506. The summed E-state index contributed by atoms with van der Waals surface area (Å²) in [7, 11) is 3.63. The zero-order valence-electron chi connectivity index (χ0n) is 14.1. The third-order valence-electron chi connectivity index (χ3n) is 4.40. The van der Waals surface area contributed by atoms with Crippen molar-refractivity contribution in [3.63, 3.8) is 0 Å². The van der Waals surface area contributed by atoms with Crippen LogP contribution in [0.15, 0.2) is 60.8 Å². The molecule has 1 unspecified atom stereocenters. The molecule has 3 rings (SSSR count). The van der Waals surface area contributed by atoms with Crippen LogP contribution < -0.4 is 10.6 Å². The smallest absolute Gasteiger partial charge is 0.253 e. The summed E-state index contributed by atoms with van der Waals surface area (Å²) in [5, 5.41) is 6.97. The molecule has 0 spiro atoms. The van der Waals surface area contributed by atoms with Gasteiger partial charge in [0.1, 0.15) is 0 Å². The highest BCUT2D eigenvalue weighted by atomic mass is 16.1. The predicted octanol–water partition coefficient (Wildman–Crippen LogP) is 3.20. The Labute approximate surface area is 142 Å². The number of rotatable bonds is 6. The van der Waals surface area contributed by atoms with Gasteiger partial charge >= 0.3 is 0 Å². The number of fused-ring (bicyclic) bond motifs is 1. The van der Waals surface area contributed by atoms with Crippen molar-refractivity contribution in [1.82, 2.24) is 15.2 Å². The molecule has 2 aromatic carbocycles. The second-order valence-electron chi connectivity index (χ2n) is 5.87. The van der Waals surface area contributed by atoms with Gasteiger partial charge in [0, 0.05) is 24.1 Å². The van der Waals surface area contributed by atoms with Crippen LogP contribution in [0.25, 0.3) is 10.9 Å². The molecule has 1 atom stereocenters. The van der Waals surface area contributed by atoms with E-state index in [1.807, 2.05) is 37.5 Å². The molecule has 124 valence electrons. The molecule has 0 aliphatic rings. The molecule has 4 nitrogen and oxygen atoms in total. The first-order valence-corrected chi connectivity index (χ1v) is 8.27. The molecule has 1 amide bonds. The number of nitrogens with one attached hydrogen (secondary N) is 2. The molecule has 24 heavy (non-hydrogen) atoms. The summed E-state index contributed by atoms with van der Waals surface area (Å²) in [4.78, 5) is 12.3. The summed E-state index contributed by atoms with van der Waals surface area (Å²) in [5.41, 5.74) is 3.05. The molecule has 0 radical (unpaired) electrons. The summed E-state index contributed by atoms with van der Waals surface area (Å²) in [6, 6.07) is 18.7. The van der Waals surface area contributed by atoms with E-state index in [-0.39, 0.29) is 11.9 Å². The number of benzene rings is 2. The minimum absolute atomic E-state index is 0.0506. The van der Waals surface area contributed by atoms with Crippen molar-refractivity contribution in [2.75, 3.05) is 20.6 Å². The molecule has 0 saturated heterocycles. The molecule has 0 bridgehead atoms. The van der Waals surface area contributed by atoms with Crippen molar-refractivity contribution < 1.29 is 4.79 Å². The fraction of sp³-hybridized carbons (Fsp3) is 0.250. The molecule has 4 heteroatoms. The van der Waals surface area contributed by atoms with Gasteiger partial charge in [0.15, 0.2) is 0 Å². The Morgan fingerprint density at radius 1 is 1.04 bits per heavy atom. The number of hydrogen-bond acceptors (Lipinski definition) is 2. The summed E-state index contributed by atoms with van der Waals surface area (Å²) < 4.78 is 2.23. The largest absolute Gasteiger partial charge is 0.355 e. The minimum Gasteiger partial charge on any atom is -0.355 e. The van der Waals surface area contributed by atoms with Crippen molar-refractivity contribution in [1.29, 1.82) is 0 Å². The van der Waals surface area contributed by atoms with Crippen LogP contribution in [0.3, 0.4) is 0 Å². The van der Waals surface area contributed by atoms with Crippen LogP contribution in [0.1, 0.15) is 28.4 Å². The van der Waals surface area contributed by atoms with Crippen molar-refractivity contribution in [3.8, 4) is 0 Å². The first kappa shape index (κ1) is 16.3. The van der Waals surface area contributed by atoms with Crippen LogP contribution >= 0.6 is 0 Å². The third-order valence-corrected chi connectivity index (χ3v) is 4.40. The lowest BCUT2D eigenvalue weighted by atomic mass is 10.0. The molecule has 1 heterocycles. The maximum atomic E-state index is 12.3. The van der Waals surface area contributed by atoms with Gasteiger partial charge in [0.05, 0.1) is 11.6 Å². The van der Waals surface area contributed by atoms with Gasteiger partial charge in [-0.1, -0.05) is 48.5 Å². The SMILES string of the molecule is CNCCC(c1ccccc1)n1cc(C(=O)NC)c2ccccc21. The van der Waals surface area contributed by atoms with Crippen molar-refractivity contribution in [2.45, 2.75) is 12.5 Å². The normalized spacial score (nSPS) is 12.2. The van der Waals surface area contributed by atoms with E-state index >= 15 is 0 Å². The van der Waals surface area contributed by atoms with Crippen molar-refractivity contribution >= 4 is 16.8 Å². The fourth-order valence-corrected chi connectivity index (χ4v) is 3.20. The Morgan fingerprint density at radius 3 is 2.46 bits per heavy atom. The standard InChI is InChI=1S/C20H23N3O/c1-21-13-12-18(15-8-4-3-5-9-15)23-14-17(20(24)22-2)16-10-6-7-11-19(16)23/h3-11,14,18,21H,12-13H2,1-2H3,(H,22,24). The van der Waals surface area contributed by atoms with Gasteiger partial charge in [-0.2, -0.15) is 0 Å². The Hall–Kier alpha value is -2.59. The Morgan fingerprint density at radius 2 is 1.75 bits per heavy atom. The van der Waals surface area contributed by atoms with Gasteiger partial charge in [0.25, 0.3) is 5.91 Å². The van der Waals surface area contributed by atoms with Gasteiger partial charge in [0.2, 0.25) is 0 Å². The van der Waals surface area contributed by atoms with E-state index in [0.717, 1.165) is 29.4 Å². The summed E-state index contributed by atoms with van der Waals surface area (Å²) in [6.07, 6.45) is 2.93. The minimum atomic E-state index is -0.0506. The van der Waals surface area contributed by atoms with E-state index in [1.165, 1.54) is 5.56 Å². The summed E-state index contributed by atoms with van der Waals surface area (Å²) in [6.45, 7) is 0.904. The van der Waals surface area contributed by atoms with Crippen molar-refractivity contribution in [3.05, 3.63) is 71.9 Å². The monoisotopic (exact) mass is 321 g/mol. The lowest BCUT2D eigenvalue weighted by Crippen LogP contribution is -2.19. The summed E-state index contributed by atoms with van der Waals surface area (Å²) >= 11 is 0. The van der Waals surface area contributed by atoms with Gasteiger partial charge in [-0.25, -0.2) is 0 Å². The van der Waals surface area contributed by atoms with Gasteiger partial charge in [-0.3, -0.25) is 4.79 Å². The number of carbonyl (C=O) groups excluding carboxylic acids is 1. The van der Waals surface area contributed by atoms with Crippen LogP contribution in [-0.2, 0) is 0 Å². The van der Waals surface area contributed by atoms with E-state index in [0.29, 0.717) is 0 Å². The number of para-hydroxylation sites is 1. The molecule has 0 saturated carbocycles.